The van der Waals surface area contributed by atoms with E-state index in [1.54, 1.807) is 23.9 Å². The van der Waals surface area contributed by atoms with E-state index in [0.29, 0.717) is 11.3 Å². The number of hydrogen-bond acceptors (Lipinski definition) is 4. The Labute approximate surface area is 127 Å². The summed E-state index contributed by atoms with van der Waals surface area (Å²) in [5, 5.41) is 0.723. The molecule has 0 atom stereocenters. The maximum Gasteiger partial charge on any atom is 0.337 e. The average Bonchev–Trinajstić information content (AvgIpc) is 2.46. The number of methoxy groups -OCH3 is 1. The van der Waals surface area contributed by atoms with E-state index in [4.69, 9.17) is 17.3 Å². The molecule has 104 valence electrons. The summed E-state index contributed by atoms with van der Waals surface area (Å²) >= 11 is 7.46. The standard InChI is InChI=1S/C15H14ClNO2S/c1-19-15(18)11-4-7-14(13(17)8-11)20-9-10-2-5-12(16)6-3-10/h2-8H,9,17H2,1H3. The van der Waals surface area contributed by atoms with E-state index >= 15 is 0 Å². The van der Waals surface area contributed by atoms with E-state index in [9.17, 15) is 4.79 Å². The zero-order chi connectivity index (χ0) is 14.5. The molecule has 0 aliphatic rings. The van der Waals surface area contributed by atoms with Crippen LogP contribution in [0, 0.1) is 0 Å². The molecule has 0 saturated carbocycles. The SMILES string of the molecule is COC(=O)c1ccc(SCc2ccc(Cl)cc2)c(N)c1. The van der Waals surface area contributed by atoms with Gasteiger partial charge < -0.3 is 10.5 Å². The van der Waals surface area contributed by atoms with Crippen molar-refractivity contribution in [2.45, 2.75) is 10.6 Å². The van der Waals surface area contributed by atoms with E-state index in [1.165, 1.54) is 7.11 Å². The van der Waals surface area contributed by atoms with Gasteiger partial charge in [-0.3, -0.25) is 0 Å². The second kappa shape index (κ2) is 6.68. The number of benzene rings is 2. The molecule has 2 aromatic carbocycles. The van der Waals surface area contributed by atoms with E-state index in [1.807, 2.05) is 30.3 Å². The molecule has 20 heavy (non-hydrogen) atoms. The number of rotatable bonds is 4. The van der Waals surface area contributed by atoms with Crippen molar-refractivity contribution in [2.75, 3.05) is 12.8 Å². The van der Waals surface area contributed by atoms with Gasteiger partial charge in [-0.2, -0.15) is 0 Å². The lowest BCUT2D eigenvalue weighted by Gasteiger charge is -2.07. The summed E-state index contributed by atoms with van der Waals surface area (Å²) in [4.78, 5) is 12.3. The lowest BCUT2D eigenvalue weighted by Crippen LogP contribution is -2.02. The highest BCUT2D eigenvalue weighted by Gasteiger charge is 2.08. The Morgan fingerprint density at radius 3 is 2.55 bits per heavy atom. The van der Waals surface area contributed by atoms with Gasteiger partial charge in [-0.25, -0.2) is 4.79 Å². The van der Waals surface area contributed by atoms with E-state index in [2.05, 4.69) is 4.74 Å². The van der Waals surface area contributed by atoms with Crippen molar-refractivity contribution < 1.29 is 9.53 Å². The van der Waals surface area contributed by atoms with Crippen LogP contribution in [0.5, 0.6) is 0 Å². The predicted octanol–water partition coefficient (Wildman–Crippen LogP) is 4.00. The van der Waals surface area contributed by atoms with Crippen molar-refractivity contribution in [3.63, 3.8) is 0 Å². The molecular formula is C15H14ClNO2S. The number of esters is 1. The van der Waals surface area contributed by atoms with Crippen LogP contribution in [0.3, 0.4) is 0 Å². The Morgan fingerprint density at radius 2 is 1.95 bits per heavy atom. The molecule has 2 rings (SSSR count). The number of carbonyl (C=O) groups is 1. The highest BCUT2D eigenvalue weighted by atomic mass is 35.5. The first-order chi connectivity index (χ1) is 9.60. The van der Waals surface area contributed by atoms with Gasteiger partial charge in [0.05, 0.1) is 12.7 Å². The zero-order valence-electron chi connectivity index (χ0n) is 10.9. The number of ether oxygens (including phenoxy) is 1. The summed E-state index contributed by atoms with van der Waals surface area (Å²) in [6, 6.07) is 12.9. The summed E-state index contributed by atoms with van der Waals surface area (Å²) in [5.41, 5.74) is 8.15. The van der Waals surface area contributed by atoms with Gasteiger partial charge in [0.25, 0.3) is 0 Å². The minimum Gasteiger partial charge on any atom is -0.465 e. The molecule has 5 heteroatoms. The van der Waals surface area contributed by atoms with Gasteiger partial charge in [-0.15, -0.1) is 11.8 Å². The van der Waals surface area contributed by atoms with Gasteiger partial charge in [0.15, 0.2) is 0 Å². The molecule has 0 saturated heterocycles. The Balaban J connectivity index is 2.06. The molecule has 0 spiro atoms. The van der Waals surface area contributed by atoms with Gasteiger partial charge in [0, 0.05) is 21.4 Å². The Hall–Kier alpha value is -1.65. The maximum atomic E-state index is 11.4. The van der Waals surface area contributed by atoms with Gasteiger partial charge in [-0.05, 0) is 35.9 Å². The first-order valence-electron chi connectivity index (χ1n) is 5.95. The van der Waals surface area contributed by atoms with Gasteiger partial charge >= 0.3 is 5.97 Å². The topological polar surface area (TPSA) is 52.3 Å². The third kappa shape index (κ3) is 3.68. The van der Waals surface area contributed by atoms with Crippen LogP contribution in [0.1, 0.15) is 15.9 Å². The highest BCUT2D eigenvalue weighted by Crippen LogP contribution is 2.29. The molecule has 0 aliphatic heterocycles. The first kappa shape index (κ1) is 14.8. The second-order valence-electron chi connectivity index (χ2n) is 4.16. The summed E-state index contributed by atoms with van der Waals surface area (Å²) < 4.78 is 4.66. The van der Waals surface area contributed by atoms with Crippen LogP contribution in [0.15, 0.2) is 47.4 Å². The molecular weight excluding hydrogens is 294 g/mol. The average molecular weight is 308 g/mol. The van der Waals surface area contributed by atoms with Gasteiger partial charge in [0.2, 0.25) is 0 Å². The van der Waals surface area contributed by atoms with Crippen LogP contribution >= 0.6 is 23.4 Å². The zero-order valence-corrected chi connectivity index (χ0v) is 12.5. The predicted molar refractivity (Wildman–Crippen MR) is 83.2 cm³/mol. The van der Waals surface area contributed by atoms with Crippen molar-refractivity contribution in [3.8, 4) is 0 Å². The highest BCUT2D eigenvalue weighted by molar-refractivity contribution is 7.98. The Bertz CT molecular complexity index is 614. The molecule has 2 N–H and O–H groups in total. The first-order valence-corrected chi connectivity index (χ1v) is 7.31. The number of anilines is 1. The number of thioether (sulfide) groups is 1. The molecule has 0 aliphatic carbocycles. The maximum absolute atomic E-state index is 11.4. The summed E-state index contributed by atoms with van der Waals surface area (Å²) in [6.07, 6.45) is 0. The van der Waals surface area contributed by atoms with Gasteiger partial charge in [-0.1, -0.05) is 23.7 Å². The van der Waals surface area contributed by atoms with Crippen molar-refractivity contribution in [2.24, 2.45) is 0 Å². The minimum absolute atomic E-state index is 0.383. The number of hydrogen-bond donors (Lipinski definition) is 1. The van der Waals surface area contributed by atoms with Gasteiger partial charge in [0.1, 0.15) is 0 Å². The molecule has 3 nitrogen and oxygen atoms in total. The molecule has 0 radical (unpaired) electrons. The Morgan fingerprint density at radius 1 is 1.25 bits per heavy atom. The van der Waals surface area contributed by atoms with Crippen molar-refractivity contribution in [3.05, 3.63) is 58.6 Å². The lowest BCUT2D eigenvalue weighted by molar-refractivity contribution is 0.0600. The van der Waals surface area contributed by atoms with Crippen LogP contribution in [-0.4, -0.2) is 13.1 Å². The summed E-state index contributed by atoms with van der Waals surface area (Å²) in [7, 11) is 1.35. The monoisotopic (exact) mass is 307 g/mol. The summed E-state index contributed by atoms with van der Waals surface area (Å²) in [6.45, 7) is 0. The molecule has 0 bridgehead atoms. The molecule has 0 aromatic heterocycles. The molecule has 0 heterocycles. The minimum atomic E-state index is -0.383. The number of carbonyl (C=O) groups excluding carboxylic acids is 1. The normalized spacial score (nSPS) is 10.3. The van der Waals surface area contributed by atoms with E-state index in [-0.39, 0.29) is 5.97 Å². The number of halogens is 1. The Kier molecular flexibility index (Phi) is 4.93. The fourth-order valence-electron chi connectivity index (χ4n) is 1.67. The van der Waals surface area contributed by atoms with Crippen molar-refractivity contribution in [1.29, 1.82) is 0 Å². The fraction of sp³-hybridized carbons (Fsp3) is 0.133. The van der Waals surface area contributed by atoms with Crippen LogP contribution in [-0.2, 0) is 10.5 Å². The van der Waals surface area contributed by atoms with Crippen LogP contribution in [0.2, 0.25) is 5.02 Å². The largest absolute Gasteiger partial charge is 0.465 e. The van der Waals surface area contributed by atoms with Crippen molar-refractivity contribution in [1.82, 2.24) is 0 Å². The number of nitrogen functional groups attached to an aromatic ring is 1. The lowest BCUT2D eigenvalue weighted by atomic mass is 10.2. The third-order valence-electron chi connectivity index (χ3n) is 2.74. The third-order valence-corrected chi connectivity index (χ3v) is 4.15. The van der Waals surface area contributed by atoms with E-state index < -0.39 is 0 Å². The van der Waals surface area contributed by atoms with Crippen LogP contribution in [0.25, 0.3) is 0 Å². The fourth-order valence-corrected chi connectivity index (χ4v) is 2.70. The summed E-state index contributed by atoms with van der Waals surface area (Å²) in [5.74, 6) is 0.407. The molecule has 0 amide bonds. The molecule has 2 aromatic rings. The van der Waals surface area contributed by atoms with Crippen LogP contribution < -0.4 is 5.73 Å². The van der Waals surface area contributed by atoms with E-state index in [0.717, 1.165) is 21.2 Å². The quantitative estimate of drug-likeness (QED) is 0.527. The van der Waals surface area contributed by atoms with Crippen LogP contribution in [0.4, 0.5) is 5.69 Å². The van der Waals surface area contributed by atoms with Crippen molar-refractivity contribution >= 4 is 35.0 Å². The molecule has 0 unspecified atom stereocenters. The second-order valence-corrected chi connectivity index (χ2v) is 5.61. The number of nitrogens with two attached hydrogens (primary N) is 1. The smallest absolute Gasteiger partial charge is 0.337 e. The molecule has 0 fully saturated rings.